The molecule has 0 saturated heterocycles. The van der Waals surface area contributed by atoms with Gasteiger partial charge in [-0.2, -0.15) is 0 Å². The predicted octanol–water partition coefficient (Wildman–Crippen LogP) is 4.13. The zero-order valence-electron chi connectivity index (χ0n) is 17.5. The predicted molar refractivity (Wildman–Crippen MR) is 126 cm³/mol. The van der Waals surface area contributed by atoms with Crippen molar-refractivity contribution in [2.24, 2.45) is 0 Å². The molecule has 0 aromatic heterocycles. The van der Waals surface area contributed by atoms with Crippen molar-refractivity contribution in [2.75, 3.05) is 16.6 Å². The summed E-state index contributed by atoms with van der Waals surface area (Å²) in [5, 5.41) is 5.60. The summed E-state index contributed by atoms with van der Waals surface area (Å²) in [7, 11) is -3.81. The van der Waals surface area contributed by atoms with Crippen molar-refractivity contribution in [3.05, 3.63) is 88.4 Å². The second kappa shape index (κ2) is 9.84. The van der Waals surface area contributed by atoms with Gasteiger partial charge in [-0.05, 0) is 68.4 Å². The Hall–Kier alpha value is -3.36. The molecule has 0 spiro atoms. The topological polar surface area (TPSA) is 104 Å². The first-order valence-corrected chi connectivity index (χ1v) is 11.5. The first-order chi connectivity index (χ1) is 15.1. The lowest BCUT2D eigenvalue weighted by molar-refractivity contribution is -0.115. The Labute approximate surface area is 191 Å². The maximum absolute atomic E-state index is 12.5. The zero-order chi connectivity index (χ0) is 23.3. The van der Waals surface area contributed by atoms with Gasteiger partial charge in [0.1, 0.15) is 0 Å². The van der Waals surface area contributed by atoms with E-state index in [2.05, 4.69) is 15.4 Å². The zero-order valence-corrected chi connectivity index (χ0v) is 19.0. The highest BCUT2D eigenvalue weighted by atomic mass is 35.5. The molecule has 9 heteroatoms. The van der Waals surface area contributed by atoms with Crippen LogP contribution in [0.5, 0.6) is 0 Å². The van der Waals surface area contributed by atoms with Gasteiger partial charge in [0.25, 0.3) is 15.9 Å². The van der Waals surface area contributed by atoms with Crippen LogP contribution in [0.4, 0.5) is 11.4 Å². The quantitative estimate of drug-likeness (QED) is 0.482. The van der Waals surface area contributed by atoms with Crippen molar-refractivity contribution in [1.29, 1.82) is 0 Å². The molecule has 3 N–H and O–H groups in total. The number of amides is 2. The van der Waals surface area contributed by atoms with Gasteiger partial charge in [-0.1, -0.05) is 34.9 Å². The van der Waals surface area contributed by atoms with Crippen LogP contribution in [0.2, 0.25) is 5.02 Å². The first kappa shape index (κ1) is 23.3. The molecule has 0 radical (unpaired) electrons. The Kier molecular flexibility index (Phi) is 7.17. The molecular formula is C23H22ClN3O4S. The fourth-order valence-corrected chi connectivity index (χ4v) is 4.30. The van der Waals surface area contributed by atoms with Crippen molar-refractivity contribution in [3.8, 4) is 0 Å². The van der Waals surface area contributed by atoms with E-state index >= 15 is 0 Å². The molecule has 0 bridgehead atoms. The minimum atomic E-state index is -3.81. The number of carbonyl (C=O) groups excluding carboxylic acids is 2. The van der Waals surface area contributed by atoms with Crippen molar-refractivity contribution in [2.45, 2.75) is 18.7 Å². The van der Waals surface area contributed by atoms with Gasteiger partial charge in [0.15, 0.2) is 0 Å². The molecule has 0 unspecified atom stereocenters. The number of hydrogen-bond acceptors (Lipinski definition) is 4. The van der Waals surface area contributed by atoms with Crippen molar-refractivity contribution in [3.63, 3.8) is 0 Å². The molecule has 3 rings (SSSR count). The Morgan fingerprint density at radius 3 is 2.16 bits per heavy atom. The van der Waals surface area contributed by atoms with Crippen LogP contribution in [0, 0.1) is 13.8 Å². The van der Waals surface area contributed by atoms with Crippen LogP contribution in [-0.4, -0.2) is 26.8 Å². The van der Waals surface area contributed by atoms with Crippen LogP contribution in [0.15, 0.2) is 71.6 Å². The monoisotopic (exact) mass is 471 g/mol. The summed E-state index contributed by atoms with van der Waals surface area (Å²) in [5.74, 6) is -0.782. The third-order valence-electron chi connectivity index (χ3n) is 4.42. The average Bonchev–Trinajstić information content (AvgIpc) is 2.71. The van der Waals surface area contributed by atoms with E-state index in [1.165, 1.54) is 30.3 Å². The lowest BCUT2D eigenvalue weighted by Gasteiger charge is -2.10. The molecule has 0 fully saturated rings. The molecule has 166 valence electrons. The molecule has 0 heterocycles. The number of aryl methyl sites for hydroxylation is 2. The Bertz CT molecular complexity index is 1240. The van der Waals surface area contributed by atoms with Crippen molar-refractivity contribution < 1.29 is 18.0 Å². The maximum Gasteiger partial charge on any atom is 0.261 e. The maximum atomic E-state index is 12.5. The van der Waals surface area contributed by atoms with Gasteiger partial charge in [0.05, 0.1) is 17.1 Å². The standard InChI is InChI=1S/C23H22ClN3O4S/c1-15-10-16(2)12-17(11-15)23(29)25-14-22(28)26-19-6-8-21(9-7-19)32(30,31)27-20-5-3-4-18(24)13-20/h3-13,27H,14H2,1-2H3,(H,25,29)(H,26,28). The number of hydrogen-bond donors (Lipinski definition) is 3. The Morgan fingerprint density at radius 2 is 1.53 bits per heavy atom. The summed E-state index contributed by atoms with van der Waals surface area (Å²) in [4.78, 5) is 24.5. The molecular weight excluding hydrogens is 450 g/mol. The van der Waals surface area contributed by atoms with E-state index in [1.54, 1.807) is 30.3 Å². The highest BCUT2D eigenvalue weighted by molar-refractivity contribution is 7.92. The van der Waals surface area contributed by atoms with Crippen LogP contribution in [0.3, 0.4) is 0 Å². The summed E-state index contributed by atoms with van der Waals surface area (Å²) < 4.78 is 27.5. The third-order valence-corrected chi connectivity index (χ3v) is 6.05. The highest BCUT2D eigenvalue weighted by Crippen LogP contribution is 2.20. The number of benzene rings is 3. The van der Waals surface area contributed by atoms with Gasteiger partial charge in [-0.3, -0.25) is 14.3 Å². The van der Waals surface area contributed by atoms with E-state index in [0.717, 1.165) is 11.1 Å². The third kappa shape index (κ3) is 6.32. The number of nitrogens with one attached hydrogen (secondary N) is 3. The van der Waals surface area contributed by atoms with Crippen LogP contribution in [-0.2, 0) is 14.8 Å². The SMILES string of the molecule is Cc1cc(C)cc(C(=O)NCC(=O)Nc2ccc(S(=O)(=O)Nc3cccc(Cl)c3)cc2)c1. The fraction of sp³-hybridized carbons (Fsp3) is 0.130. The van der Waals surface area contributed by atoms with Crippen molar-refractivity contribution >= 4 is 44.8 Å². The van der Waals surface area contributed by atoms with Gasteiger partial charge in [-0.15, -0.1) is 0 Å². The van der Waals surface area contributed by atoms with Crippen LogP contribution >= 0.6 is 11.6 Å². The molecule has 32 heavy (non-hydrogen) atoms. The van der Waals surface area contributed by atoms with Crippen LogP contribution in [0.25, 0.3) is 0 Å². The lowest BCUT2D eigenvalue weighted by atomic mass is 10.1. The minimum Gasteiger partial charge on any atom is -0.343 e. The summed E-state index contributed by atoms with van der Waals surface area (Å²) in [6, 6.07) is 17.5. The number of rotatable bonds is 7. The van der Waals surface area contributed by atoms with Gasteiger partial charge in [0, 0.05) is 16.3 Å². The summed E-state index contributed by atoms with van der Waals surface area (Å²) >= 11 is 5.88. The van der Waals surface area contributed by atoms with E-state index in [1.807, 2.05) is 19.9 Å². The van der Waals surface area contributed by atoms with E-state index in [0.29, 0.717) is 22.0 Å². The normalized spacial score (nSPS) is 11.0. The molecule has 0 aliphatic heterocycles. The second-order valence-corrected chi connectivity index (χ2v) is 9.37. The molecule has 0 atom stereocenters. The van der Waals surface area contributed by atoms with Crippen molar-refractivity contribution in [1.82, 2.24) is 5.32 Å². The van der Waals surface area contributed by atoms with Crippen LogP contribution < -0.4 is 15.4 Å². The minimum absolute atomic E-state index is 0.0265. The summed E-state index contributed by atoms with van der Waals surface area (Å²) in [6.45, 7) is 3.57. The molecule has 3 aromatic rings. The van der Waals surface area contributed by atoms with Gasteiger partial charge >= 0.3 is 0 Å². The number of anilines is 2. The Balaban J connectivity index is 1.57. The van der Waals surface area contributed by atoms with E-state index in [4.69, 9.17) is 11.6 Å². The smallest absolute Gasteiger partial charge is 0.261 e. The molecule has 7 nitrogen and oxygen atoms in total. The summed E-state index contributed by atoms with van der Waals surface area (Å²) in [5.41, 5.74) is 3.14. The Morgan fingerprint density at radius 1 is 0.875 bits per heavy atom. The average molecular weight is 472 g/mol. The van der Waals surface area contributed by atoms with Gasteiger partial charge in [0.2, 0.25) is 5.91 Å². The van der Waals surface area contributed by atoms with Gasteiger partial charge < -0.3 is 10.6 Å². The molecule has 0 aliphatic carbocycles. The largest absolute Gasteiger partial charge is 0.343 e. The van der Waals surface area contributed by atoms with Crippen LogP contribution in [0.1, 0.15) is 21.5 Å². The fourth-order valence-electron chi connectivity index (χ4n) is 3.06. The lowest BCUT2D eigenvalue weighted by Crippen LogP contribution is -2.32. The van der Waals surface area contributed by atoms with E-state index < -0.39 is 15.9 Å². The summed E-state index contributed by atoms with van der Waals surface area (Å²) in [6.07, 6.45) is 0. The van der Waals surface area contributed by atoms with E-state index in [-0.39, 0.29) is 17.3 Å². The molecule has 0 aliphatic rings. The second-order valence-electron chi connectivity index (χ2n) is 7.25. The number of halogens is 1. The highest BCUT2D eigenvalue weighted by Gasteiger charge is 2.15. The molecule has 0 saturated carbocycles. The number of carbonyl (C=O) groups is 2. The van der Waals surface area contributed by atoms with Gasteiger partial charge in [-0.25, -0.2) is 8.42 Å². The number of sulfonamides is 1. The van der Waals surface area contributed by atoms with E-state index in [9.17, 15) is 18.0 Å². The molecule has 3 aromatic carbocycles. The molecule has 2 amide bonds. The first-order valence-electron chi connectivity index (χ1n) is 9.67.